The number of hydrogen-bond acceptors (Lipinski definition) is 5. The van der Waals surface area contributed by atoms with Gasteiger partial charge < -0.3 is 9.64 Å². The van der Waals surface area contributed by atoms with Crippen LogP contribution in [0.5, 0.6) is 0 Å². The molecule has 2 fully saturated rings. The standard InChI is InChI=1S/C22H26N2O5/c25-19(23-12-5-7-15-6-1-4-10-18(15)23)14-29-20(26)11-13-24-21(27)16-8-2-3-9-17(16)22(24)28/h1,4,6,10,16-17H,2-3,5,7-9,11-14H2/t16-,17-/m1/s1. The van der Waals surface area contributed by atoms with Crippen molar-refractivity contribution in [2.45, 2.75) is 44.9 Å². The van der Waals surface area contributed by atoms with Gasteiger partial charge >= 0.3 is 5.97 Å². The summed E-state index contributed by atoms with van der Waals surface area (Å²) in [7, 11) is 0. The zero-order valence-corrected chi connectivity index (χ0v) is 16.5. The minimum Gasteiger partial charge on any atom is -0.455 e. The zero-order chi connectivity index (χ0) is 20.4. The van der Waals surface area contributed by atoms with E-state index < -0.39 is 5.97 Å². The summed E-state index contributed by atoms with van der Waals surface area (Å²) in [6.07, 6.45) is 5.16. The number of para-hydroxylation sites is 1. The number of hydrogen-bond donors (Lipinski definition) is 0. The van der Waals surface area contributed by atoms with E-state index in [1.807, 2.05) is 24.3 Å². The molecule has 0 radical (unpaired) electrons. The van der Waals surface area contributed by atoms with Gasteiger partial charge in [0, 0.05) is 18.8 Å². The fourth-order valence-corrected chi connectivity index (χ4v) is 4.74. The summed E-state index contributed by atoms with van der Waals surface area (Å²) in [6, 6.07) is 7.74. The summed E-state index contributed by atoms with van der Waals surface area (Å²) in [5.41, 5.74) is 1.99. The number of anilines is 1. The number of imide groups is 1. The van der Waals surface area contributed by atoms with Gasteiger partial charge in [0.1, 0.15) is 0 Å². The van der Waals surface area contributed by atoms with Crippen LogP contribution in [0.3, 0.4) is 0 Å². The van der Waals surface area contributed by atoms with Crippen molar-refractivity contribution in [3.63, 3.8) is 0 Å². The molecule has 1 aliphatic carbocycles. The first-order chi connectivity index (χ1) is 14.1. The molecule has 0 bridgehead atoms. The maximum Gasteiger partial charge on any atom is 0.308 e. The molecule has 2 atom stereocenters. The van der Waals surface area contributed by atoms with E-state index in [4.69, 9.17) is 4.74 Å². The number of esters is 1. The highest BCUT2D eigenvalue weighted by molar-refractivity contribution is 6.05. The van der Waals surface area contributed by atoms with Crippen LogP contribution in [0, 0.1) is 11.8 Å². The first-order valence-electron chi connectivity index (χ1n) is 10.5. The average Bonchev–Trinajstić information content (AvgIpc) is 3.00. The third kappa shape index (κ3) is 3.91. The Balaban J connectivity index is 1.27. The van der Waals surface area contributed by atoms with Gasteiger partial charge in [-0.25, -0.2) is 0 Å². The normalized spacial score (nSPS) is 23.6. The first-order valence-corrected chi connectivity index (χ1v) is 10.5. The van der Waals surface area contributed by atoms with Crippen molar-refractivity contribution in [2.75, 3.05) is 24.6 Å². The number of likely N-dealkylation sites (tertiary alicyclic amines) is 1. The minimum absolute atomic E-state index is 0.0320. The zero-order valence-electron chi connectivity index (χ0n) is 16.5. The van der Waals surface area contributed by atoms with Gasteiger partial charge in [0.2, 0.25) is 11.8 Å². The molecule has 1 aromatic rings. The molecule has 2 heterocycles. The summed E-state index contributed by atoms with van der Waals surface area (Å²) in [5, 5.41) is 0. The van der Waals surface area contributed by atoms with Crippen molar-refractivity contribution in [2.24, 2.45) is 11.8 Å². The molecular weight excluding hydrogens is 372 g/mol. The van der Waals surface area contributed by atoms with E-state index >= 15 is 0 Å². The number of aryl methyl sites for hydroxylation is 1. The predicted molar refractivity (Wildman–Crippen MR) is 105 cm³/mol. The molecule has 1 saturated heterocycles. The van der Waals surface area contributed by atoms with Crippen LogP contribution in [0.2, 0.25) is 0 Å². The molecular formula is C22H26N2O5. The predicted octanol–water partition coefficient (Wildman–Crippen LogP) is 2.07. The number of carbonyl (C=O) groups is 4. The Hall–Kier alpha value is -2.70. The Kier molecular flexibility index (Phi) is 5.65. The number of fused-ring (bicyclic) bond motifs is 2. The van der Waals surface area contributed by atoms with E-state index in [0.717, 1.165) is 49.8 Å². The first kappa shape index (κ1) is 19.6. The molecule has 29 heavy (non-hydrogen) atoms. The molecule has 0 N–H and O–H groups in total. The van der Waals surface area contributed by atoms with Crippen molar-refractivity contribution < 1.29 is 23.9 Å². The van der Waals surface area contributed by atoms with Gasteiger partial charge in [-0.15, -0.1) is 0 Å². The third-order valence-electron chi connectivity index (χ3n) is 6.24. The van der Waals surface area contributed by atoms with Crippen molar-refractivity contribution in [1.29, 1.82) is 0 Å². The molecule has 0 aromatic heterocycles. The molecule has 3 amide bonds. The van der Waals surface area contributed by atoms with Gasteiger partial charge in [0.25, 0.3) is 5.91 Å². The smallest absolute Gasteiger partial charge is 0.308 e. The number of ether oxygens (including phenoxy) is 1. The Bertz CT molecular complexity index is 812. The fraction of sp³-hybridized carbons (Fsp3) is 0.545. The van der Waals surface area contributed by atoms with Crippen molar-refractivity contribution >= 4 is 29.4 Å². The van der Waals surface area contributed by atoms with E-state index in [-0.39, 0.29) is 49.1 Å². The van der Waals surface area contributed by atoms with Crippen molar-refractivity contribution in [1.82, 2.24) is 4.90 Å². The van der Waals surface area contributed by atoms with Crippen LogP contribution in [-0.4, -0.2) is 48.3 Å². The van der Waals surface area contributed by atoms with E-state index in [9.17, 15) is 19.2 Å². The molecule has 0 unspecified atom stereocenters. The van der Waals surface area contributed by atoms with Gasteiger partial charge in [-0.1, -0.05) is 31.0 Å². The topological polar surface area (TPSA) is 84.0 Å². The fourth-order valence-electron chi connectivity index (χ4n) is 4.74. The number of carbonyl (C=O) groups excluding carboxylic acids is 4. The number of nitrogens with zero attached hydrogens (tertiary/aromatic N) is 2. The number of benzene rings is 1. The lowest BCUT2D eigenvalue weighted by atomic mass is 9.81. The summed E-state index contributed by atoms with van der Waals surface area (Å²) in [5.74, 6) is -1.58. The Morgan fingerprint density at radius 2 is 1.69 bits per heavy atom. The van der Waals surface area contributed by atoms with E-state index in [2.05, 4.69) is 0 Å². The van der Waals surface area contributed by atoms with Crippen LogP contribution in [-0.2, 0) is 30.3 Å². The molecule has 1 saturated carbocycles. The maximum atomic E-state index is 12.5. The third-order valence-corrected chi connectivity index (χ3v) is 6.24. The number of rotatable bonds is 5. The molecule has 7 heteroatoms. The summed E-state index contributed by atoms with van der Waals surface area (Å²) in [6.45, 7) is 0.303. The van der Waals surface area contributed by atoms with Gasteiger partial charge in [0.05, 0.1) is 18.3 Å². The van der Waals surface area contributed by atoms with Gasteiger partial charge in [-0.05, 0) is 37.3 Å². The molecule has 3 aliphatic rings. The summed E-state index contributed by atoms with van der Waals surface area (Å²) >= 11 is 0. The highest BCUT2D eigenvalue weighted by Crippen LogP contribution is 2.38. The number of amides is 3. The van der Waals surface area contributed by atoms with Crippen LogP contribution in [0.1, 0.15) is 44.1 Å². The Morgan fingerprint density at radius 1 is 1.00 bits per heavy atom. The van der Waals surface area contributed by atoms with Crippen LogP contribution >= 0.6 is 0 Å². The monoisotopic (exact) mass is 398 g/mol. The molecule has 2 aliphatic heterocycles. The highest BCUT2D eigenvalue weighted by Gasteiger charge is 2.47. The second-order valence-electron chi connectivity index (χ2n) is 8.01. The van der Waals surface area contributed by atoms with Gasteiger partial charge in [-0.3, -0.25) is 24.1 Å². The van der Waals surface area contributed by atoms with E-state index in [1.165, 1.54) is 4.90 Å². The van der Waals surface area contributed by atoms with Gasteiger partial charge in [-0.2, -0.15) is 0 Å². The van der Waals surface area contributed by atoms with E-state index in [1.54, 1.807) is 4.90 Å². The molecule has 1 aromatic carbocycles. The lowest BCUT2D eigenvalue weighted by Gasteiger charge is -2.29. The lowest BCUT2D eigenvalue weighted by molar-refractivity contribution is -0.149. The van der Waals surface area contributed by atoms with Gasteiger partial charge in [0.15, 0.2) is 6.61 Å². The summed E-state index contributed by atoms with van der Waals surface area (Å²) < 4.78 is 5.14. The van der Waals surface area contributed by atoms with Crippen molar-refractivity contribution in [3.8, 4) is 0 Å². The van der Waals surface area contributed by atoms with Crippen LogP contribution in [0.15, 0.2) is 24.3 Å². The second kappa shape index (κ2) is 8.35. The minimum atomic E-state index is -0.570. The SMILES string of the molecule is O=C(CCN1C(=O)[C@@H]2CCCC[C@H]2C1=O)OCC(=O)N1CCCc2ccccc21. The average molecular weight is 398 g/mol. The Labute approximate surface area is 170 Å². The van der Waals surface area contributed by atoms with Crippen LogP contribution < -0.4 is 4.90 Å². The molecule has 4 rings (SSSR count). The highest BCUT2D eigenvalue weighted by atomic mass is 16.5. The molecule has 7 nitrogen and oxygen atoms in total. The Morgan fingerprint density at radius 3 is 2.41 bits per heavy atom. The largest absolute Gasteiger partial charge is 0.455 e. The van der Waals surface area contributed by atoms with Crippen molar-refractivity contribution in [3.05, 3.63) is 29.8 Å². The maximum absolute atomic E-state index is 12.5. The van der Waals surface area contributed by atoms with E-state index in [0.29, 0.717) is 6.54 Å². The second-order valence-corrected chi connectivity index (χ2v) is 8.01. The van der Waals surface area contributed by atoms with Crippen LogP contribution in [0.4, 0.5) is 5.69 Å². The molecule has 0 spiro atoms. The quantitative estimate of drug-likeness (QED) is 0.560. The summed E-state index contributed by atoms with van der Waals surface area (Å²) in [4.78, 5) is 52.4. The molecule has 154 valence electrons. The lowest BCUT2D eigenvalue weighted by Crippen LogP contribution is -2.38. The van der Waals surface area contributed by atoms with Crippen LogP contribution in [0.25, 0.3) is 0 Å².